The molecule has 1 saturated heterocycles. The molecule has 17 heavy (non-hydrogen) atoms. The topological polar surface area (TPSA) is 61.4 Å². The smallest absolute Gasteiger partial charge is 0.237 e. The predicted molar refractivity (Wildman–Crippen MR) is 65.4 cm³/mol. The molecule has 1 heterocycles. The highest BCUT2D eigenvalue weighted by Gasteiger charge is 2.24. The molecule has 1 aromatic rings. The normalized spacial score (nSPS) is 21.1. The lowest BCUT2D eigenvalue weighted by Crippen LogP contribution is -2.42. The molecule has 0 bridgehead atoms. The zero-order chi connectivity index (χ0) is 12.1. The number of rotatable bonds is 4. The monoisotopic (exact) mass is 234 g/mol. The minimum absolute atomic E-state index is 0.0228. The lowest BCUT2D eigenvalue weighted by molar-refractivity contribution is -0.123. The molecule has 1 aromatic carbocycles. The van der Waals surface area contributed by atoms with Crippen molar-refractivity contribution in [3.05, 3.63) is 35.9 Å². The van der Waals surface area contributed by atoms with Gasteiger partial charge in [-0.25, -0.2) is 0 Å². The molecular formula is C13H18N2O2. The highest BCUT2D eigenvalue weighted by atomic mass is 16.3. The highest BCUT2D eigenvalue weighted by molar-refractivity contribution is 5.82. The fourth-order valence-electron chi connectivity index (χ4n) is 2.10. The van der Waals surface area contributed by atoms with Crippen LogP contribution in [-0.4, -0.2) is 30.2 Å². The van der Waals surface area contributed by atoms with E-state index in [0.29, 0.717) is 0 Å². The van der Waals surface area contributed by atoms with Gasteiger partial charge >= 0.3 is 0 Å². The SMILES string of the molecule is O=C(N[C@@H](CO)c1ccccc1)C1CCCN1. The first-order valence-corrected chi connectivity index (χ1v) is 6.01. The third-order valence-corrected chi connectivity index (χ3v) is 3.08. The Balaban J connectivity index is 1.97. The Hall–Kier alpha value is -1.39. The minimum atomic E-state index is -0.314. The van der Waals surface area contributed by atoms with Crippen LogP contribution in [0.3, 0.4) is 0 Å². The van der Waals surface area contributed by atoms with E-state index in [1.54, 1.807) is 0 Å². The first-order valence-electron chi connectivity index (χ1n) is 6.01. The van der Waals surface area contributed by atoms with Crippen molar-refractivity contribution < 1.29 is 9.90 Å². The van der Waals surface area contributed by atoms with Crippen LogP contribution in [0.4, 0.5) is 0 Å². The van der Waals surface area contributed by atoms with Gasteiger partial charge in [-0.05, 0) is 24.9 Å². The molecule has 2 atom stereocenters. The molecule has 1 fully saturated rings. The molecule has 1 aliphatic rings. The van der Waals surface area contributed by atoms with Crippen molar-refractivity contribution in [1.29, 1.82) is 0 Å². The molecule has 0 radical (unpaired) electrons. The van der Waals surface area contributed by atoms with Crippen molar-refractivity contribution in [2.75, 3.05) is 13.2 Å². The van der Waals surface area contributed by atoms with Crippen LogP contribution in [-0.2, 0) is 4.79 Å². The standard InChI is InChI=1S/C13H18N2O2/c16-9-12(10-5-2-1-3-6-10)15-13(17)11-7-4-8-14-11/h1-3,5-6,11-12,14,16H,4,7-9H2,(H,15,17)/t11?,12-/m0/s1. The third-order valence-electron chi connectivity index (χ3n) is 3.08. The lowest BCUT2D eigenvalue weighted by Gasteiger charge is -2.19. The summed E-state index contributed by atoms with van der Waals surface area (Å²) in [4.78, 5) is 11.9. The van der Waals surface area contributed by atoms with Gasteiger partial charge in [0, 0.05) is 0 Å². The van der Waals surface area contributed by atoms with Gasteiger partial charge in [0.2, 0.25) is 5.91 Å². The van der Waals surface area contributed by atoms with Crippen molar-refractivity contribution in [1.82, 2.24) is 10.6 Å². The van der Waals surface area contributed by atoms with Crippen LogP contribution in [0, 0.1) is 0 Å². The van der Waals surface area contributed by atoms with Crippen LogP contribution in [0.25, 0.3) is 0 Å². The maximum absolute atomic E-state index is 11.9. The molecule has 2 rings (SSSR count). The van der Waals surface area contributed by atoms with E-state index in [1.807, 2.05) is 30.3 Å². The Labute approximate surface area is 101 Å². The molecule has 4 nitrogen and oxygen atoms in total. The summed E-state index contributed by atoms with van der Waals surface area (Å²) in [5.74, 6) is -0.0228. The van der Waals surface area contributed by atoms with Crippen LogP contribution >= 0.6 is 0 Å². The van der Waals surface area contributed by atoms with E-state index >= 15 is 0 Å². The average molecular weight is 234 g/mol. The first-order chi connectivity index (χ1) is 8.31. The Kier molecular flexibility index (Phi) is 4.12. The fraction of sp³-hybridized carbons (Fsp3) is 0.462. The number of hydrogen-bond acceptors (Lipinski definition) is 3. The summed E-state index contributed by atoms with van der Waals surface area (Å²) in [6.07, 6.45) is 1.91. The fourth-order valence-corrected chi connectivity index (χ4v) is 2.10. The second-order valence-electron chi connectivity index (χ2n) is 4.30. The number of hydrogen-bond donors (Lipinski definition) is 3. The largest absolute Gasteiger partial charge is 0.394 e. The number of benzene rings is 1. The summed E-state index contributed by atoms with van der Waals surface area (Å²) in [7, 11) is 0. The van der Waals surface area contributed by atoms with Gasteiger partial charge in [0.1, 0.15) is 0 Å². The summed E-state index contributed by atoms with van der Waals surface area (Å²) in [5, 5.41) is 15.4. The Morgan fingerprint density at radius 1 is 1.47 bits per heavy atom. The van der Waals surface area contributed by atoms with Crippen LogP contribution in [0.15, 0.2) is 30.3 Å². The second kappa shape index (κ2) is 5.80. The molecule has 1 aliphatic heterocycles. The van der Waals surface area contributed by atoms with Crippen molar-refractivity contribution in [2.24, 2.45) is 0 Å². The minimum Gasteiger partial charge on any atom is -0.394 e. The Morgan fingerprint density at radius 2 is 2.24 bits per heavy atom. The molecule has 0 spiro atoms. The number of carbonyl (C=O) groups excluding carboxylic acids is 1. The molecule has 0 saturated carbocycles. The van der Waals surface area contributed by atoms with E-state index in [0.717, 1.165) is 24.9 Å². The molecule has 0 aromatic heterocycles. The summed E-state index contributed by atoms with van der Waals surface area (Å²) >= 11 is 0. The number of amides is 1. The van der Waals surface area contributed by atoms with E-state index in [2.05, 4.69) is 10.6 Å². The van der Waals surface area contributed by atoms with Crippen LogP contribution in [0.1, 0.15) is 24.4 Å². The van der Waals surface area contributed by atoms with E-state index in [9.17, 15) is 9.90 Å². The van der Waals surface area contributed by atoms with Crippen molar-refractivity contribution in [3.63, 3.8) is 0 Å². The predicted octanol–water partition coefficient (Wildman–Crippen LogP) is 0.588. The average Bonchev–Trinajstić information content (AvgIpc) is 2.90. The van der Waals surface area contributed by atoms with Gasteiger partial charge in [-0.3, -0.25) is 4.79 Å². The molecule has 1 unspecified atom stereocenters. The van der Waals surface area contributed by atoms with E-state index in [-0.39, 0.29) is 24.6 Å². The summed E-state index contributed by atoms with van der Waals surface area (Å²) < 4.78 is 0. The zero-order valence-corrected chi connectivity index (χ0v) is 9.73. The molecule has 4 heteroatoms. The van der Waals surface area contributed by atoms with Gasteiger partial charge in [0.15, 0.2) is 0 Å². The maximum atomic E-state index is 11.9. The zero-order valence-electron chi connectivity index (χ0n) is 9.73. The van der Waals surface area contributed by atoms with Crippen LogP contribution < -0.4 is 10.6 Å². The van der Waals surface area contributed by atoms with Crippen LogP contribution in [0.5, 0.6) is 0 Å². The van der Waals surface area contributed by atoms with Gasteiger partial charge in [0.05, 0.1) is 18.7 Å². The van der Waals surface area contributed by atoms with E-state index in [4.69, 9.17) is 0 Å². The van der Waals surface area contributed by atoms with Gasteiger partial charge in [0.25, 0.3) is 0 Å². The van der Waals surface area contributed by atoms with Gasteiger partial charge in [-0.15, -0.1) is 0 Å². The Morgan fingerprint density at radius 3 is 2.82 bits per heavy atom. The van der Waals surface area contributed by atoms with E-state index in [1.165, 1.54) is 0 Å². The number of aliphatic hydroxyl groups excluding tert-OH is 1. The van der Waals surface area contributed by atoms with Crippen molar-refractivity contribution in [2.45, 2.75) is 24.9 Å². The number of carbonyl (C=O) groups is 1. The quantitative estimate of drug-likeness (QED) is 0.714. The highest BCUT2D eigenvalue weighted by Crippen LogP contribution is 2.13. The molecule has 1 amide bonds. The molecule has 3 N–H and O–H groups in total. The van der Waals surface area contributed by atoms with Crippen LogP contribution in [0.2, 0.25) is 0 Å². The van der Waals surface area contributed by atoms with Gasteiger partial charge in [-0.1, -0.05) is 30.3 Å². The Bertz CT molecular complexity index is 361. The molecular weight excluding hydrogens is 216 g/mol. The van der Waals surface area contributed by atoms with E-state index < -0.39 is 0 Å². The number of nitrogens with one attached hydrogen (secondary N) is 2. The molecule has 92 valence electrons. The second-order valence-corrected chi connectivity index (χ2v) is 4.30. The summed E-state index contributed by atoms with van der Waals surface area (Å²) in [6.45, 7) is 0.815. The maximum Gasteiger partial charge on any atom is 0.237 e. The third kappa shape index (κ3) is 3.05. The molecule has 0 aliphatic carbocycles. The summed E-state index contributed by atoms with van der Waals surface area (Å²) in [6, 6.07) is 9.11. The van der Waals surface area contributed by atoms with Gasteiger partial charge < -0.3 is 15.7 Å². The lowest BCUT2D eigenvalue weighted by atomic mass is 10.1. The van der Waals surface area contributed by atoms with Crippen molar-refractivity contribution >= 4 is 5.91 Å². The van der Waals surface area contributed by atoms with Crippen molar-refractivity contribution in [3.8, 4) is 0 Å². The first kappa shape index (κ1) is 12.1. The van der Waals surface area contributed by atoms with Gasteiger partial charge in [-0.2, -0.15) is 0 Å². The number of aliphatic hydroxyl groups is 1. The summed E-state index contributed by atoms with van der Waals surface area (Å²) in [5.41, 5.74) is 0.932.